The zero-order valence-electron chi connectivity index (χ0n) is 16.5. The molecule has 3 rings (SSSR count). The second-order valence-corrected chi connectivity index (χ2v) is 9.46. The quantitative estimate of drug-likeness (QED) is 0.524. The molecule has 0 bridgehead atoms. The fourth-order valence-electron chi connectivity index (χ4n) is 3.83. The molecule has 0 saturated carbocycles. The Morgan fingerprint density at radius 1 is 1.28 bits per heavy atom. The van der Waals surface area contributed by atoms with Crippen LogP contribution in [0.5, 0.6) is 0 Å². The number of carboxylic acids is 1. The van der Waals surface area contributed by atoms with Crippen molar-refractivity contribution in [1.29, 1.82) is 0 Å². The van der Waals surface area contributed by atoms with E-state index in [-0.39, 0.29) is 22.2 Å². The predicted molar refractivity (Wildman–Crippen MR) is 119 cm³/mol. The van der Waals surface area contributed by atoms with E-state index in [0.29, 0.717) is 0 Å². The van der Waals surface area contributed by atoms with E-state index in [9.17, 15) is 13.8 Å². The lowest BCUT2D eigenvalue weighted by molar-refractivity contribution is -0.137. The van der Waals surface area contributed by atoms with Gasteiger partial charge in [0.1, 0.15) is 15.7 Å². The van der Waals surface area contributed by atoms with E-state index in [0.717, 1.165) is 35.2 Å². The zero-order valence-corrected chi connectivity index (χ0v) is 18.1. The number of amides is 1. The maximum atomic E-state index is 12.5. The molecule has 1 atom stereocenters. The Kier molecular flexibility index (Phi) is 7.18. The Bertz CT molecular complexity index is 843. The molecule has 2 heterocycles. The number of nitrogens with zero attached hydrogens (tertiary/aromatic N) is 2. The van der Waals surface area contributed by atoms with Crippen LogP contribution in [0.15, 0.2) is 29.2 Å². The van der Waals surface area contributed by atoms with E-state index in [1.54, 1.807) is 6.08 Å². The minimum atomic E-state index is -1.73. The summed E-state index contributed by atoms with van der Waals surface area (Å²) in [5, 5.41) is 8.81. The Hall–Kier alpha value is -2.06. The van der Waals surface area contributed by atoms with Crippen LogP contribution in [0.1, 0.15) is 44.6 Å². The number of hydrogen-bond acceptors (Lipinski definition) is 5. The average Bonchev–Trinajstić information content (AvgIpc) is 2.91. The third kappa shape index (κ3) is 5.11. The molecule has 2 aliphatic rings. The van der Waals surface area contributed by atoms with Gasteiger partial charge in [0.05, 0.1) is 6.42 Å². The molecule has 1 aromatic rings. The SMILES string of the molecule is CCCC1CCN(c2ccc(/C=C3\C(=O)N(CCC(=O)O)C(=S)S3=O)cc2)CC1. The number of anilines is 1. The number of thiocarbonyl (C=S) groups is 1. The van der Waals surface area contributed by atoms with Crippen molar-refractivity contribution >= 4 is 51.0 Å². The second kappa shape index (κ2) is 9.63. The third-order valence-corrected chi connectivity index (χ3v) is 7.36. The van der Waals surface area contributed by atoms with Crippen molar-refractivity contribution in [2.45, 2.75) is 39.0 Å². The Labute approximate surface area is 179 Å². The maximum absolute atomic E-state index is 12.5. The van der Waals surface area contributed by atoms with Crippen molar-refractivity contribution < 1.29 is 18.9 Å². The first-order valence-electron chi connectivity index (χ1n) is 9.96. The lowest BCUT2D eigenvalue weighted by atomic mass is 9.92. The first-order valence-corrected chi connectivity index (χ1v) is 11.5. The van der Waals surface area contributed by atoms with Gasteiger partial charge >= 0.3 is 5.97 Å². The van der Waals surface area contributed by atoms with Crippen LogP contribution in [0.25, 0.3) is 6.08 Å². The van der Waals surface area contributed by atoms with Crippen molar-refractivity contribution in [3.05, 3.63) is 34.7 Å². The highest BCUT2D eigenvalue weighted by atomic mass is 32.2. The van der Waals surface area contributed by atoms with Gasteiger partial charge in [-0.3, -0.25) is 14.5 Å². The average molecular weight is 435 g/mol. The molecule has 1 aromatic carbocycles. The van der Waals surface area contributed by atoms with Gasteiger partial charge < -0.3 is 10.0 Å². The molecule has 6 nitrogen and oxygen atoms in total. The van der Waals surface area contributed by atoms with E-state index in [1.807, 2.05) is 24.3 Å². The molecule has 2 aliphatic heterocycles. The summed E-state index contributed by atoms with van der Waals surface area (Å²) in [6.07, 6.45) is 6.33. The van der Waals surface area contributed by atoms with E-state index in [4.69, 9.17) is 17.3 Å². The van der Waals surface area contributed by atoms with Gasteiger partial charge in [0.25, 0.3) is 5.91 Å². The van der Waals surface area contributed by atoms with Crippen molar-refractivity contribution in [2.24, 2.45) is 5.92 Å². The molecule has 29 heavy (non-hydrogen) atoms. The molecule has 2 saturated heterocycles. The van der Waals surface area contributed by atoms with Crippen molar-refractivity contribution in [1.82, 2.24) is 4.90 Å². The van der Waals surface area contributed by atoms with Gasteiger partial charge in [-0.2, -0.15) is 0 Å². The van der Waals surface area contributed by atoms with Crippen molar-refractivity contribution in [3.63, 3.8) is 0 Å². The summed E-state index contributed by atoms with van der Waals surface area (Å²) >= 11 is 5.08. The summed E-state index contributed by atoms with van der Waals surface area (Å²) in [4.78, 5) is 26.9. The van der Waals surface area contributed by atoms with Crippen LogP contribution in [0.2, 0.25) is 0 Å². The van der Waals surface area contributed by atoms with Crippen LogP contribution in [0.4, 0.5) is 5.69 Å². The maximum Gasteiger partial charge on any atom is 0.305 e. The number of piperidine rings is 1. The molecule has 0 radical (unpaired) electrons. The van der Waals surface area contributed by atoms with Crippen LogP contribution >= 0.6 is 12.2 Å². The summed E-state index contributed by atoms with van der Waals surface area (Å²) in [5.74, 6) is -0.675. The summed E-state index contributed by atoms with van der Waals surface area (Å²) in [7, 11) is -1.73. The Morgan fingerprint density at radius 3 is 2.52 bits per heavy atom. The van der Waals surface area contributed by atoms with Crippen LogP contribution in [-0.4, -0.2) is 50.0 Å². The van der Waals surface area contributed by atoms with E-state index in [1.165, 1.54) is 25.7 Å². The van der Waals surface area contributed by atoms with Gasteiger partial charge in [0.15, 0.2) is 4.32 Å². The van der Waals surface area contributed by atoms with E-state index < -0.39 is 22.7 Å². The van der Waals surface area contributed by atoms with Crippen molar-refractivity contribution in [3.8, 4) is 0 Å². The number of benzene rings is 1. The largest absolute Gasteiger partial charge is 0.481 e. The van der Waals surface area contributed by atoms with Crippen LogP contribution in [0, 0.1) is 5.92 Å². The van der Waals surface area contributed by atoms with Crippen LogP contribution in [-0.2, 0) is 20.4 Å². The van der Waals surface area contributed by atoms with Gasteiger partial charge in [-0.05, 0) is 54.7 Å². The lowest BCUT2D eigenvalue weighted by Gasteiger charge is -2.33. The molecule has 8 heteroatoms. The molecule has 0 aromatic heterocycles. The van der Waals surface area contributed by atoms with E-state index >= 15 is 0 Å². The van der Waals surface area contributed by atoms with Gasteiger partial charge in [-0.1, -0.05) is 31.9 Å². The number of rotatable bonds is 7. The van der Waals surface area contributed by atoms with Gasteiger partial charge in [-0.25, -0.2) is 4.21 Å². The predicted octanol–water partition coefficient (Wildman–Crippen LogP) is 3.39. The molecule has 2 fully saturated rings. The fraction of sp³-hybridized carbons (Fsp3) is 0.476. The van der Waals surface area contributed by atoms with Crippen molar-refractivity contribution in [2.75, 3.05) is 24.5 Å². The minimum Gasteiger partial charge on any atom is -0.481 e. The van der Waals surface area contributed by atoms with Gasteiger partial charge in [-0.15, -0.1) is 0 Å². The van der Waals surface area contributed by atoms with Crippen LogP contribution in [0.3, 0.4) is 0 Å². The molecule has 0 spiro atoms. The first-order chi connectivity index (χ1) is 13.9. The smallest absolute Gasteiger partial charge is 0.305 e. The number of hydrogen-bond donors (Lipinski definition) is 1. The molecule has 1 amide bonds. The van der Waals surface area contributed by atoms with Gasteiger partial charge in [0.2, 0.25) is 0 Å². The Balaban J connectivity index is 1.68. The topological polar surface area (TPSA) is 77.9 Å². The summed E-state index contributed by atoms with van der Waals surface area (Å²) in [6, 6.07) is 7.87. The lowest BCUT2D eigenvalue weighted by Crippen LogP contribution is -2.33. The fourth-order valence-corrected chi connectivity index (χ4v) is 5.34. The number of carbonyl (C=O) groups is 2. The highest BCUT2D eigenvalue weighted by Crippen LogP contribution is 2.28. The summed E-state index contributed by atoms with van der Waals surface area (Å²) in [6.45, 7) is 4.28. The second-order valence-electron chi connectivity index (χ2n) is 7.45. The molecule has 1 N–H and O–H groups in total. The van der Waals surface area contributed by atoms with Crippen LogP contribution < -0.4 is 4.90 Å². The molecule has 156 valence electrons. The number of aliphatic carboxylic acids is 1. The zero-order chi connectivity index (χ0) is 21.0. The Morgan fingerprint density at radius 2 is 1.93 bits per heavy atom. The minimum absolute atomic E-state index is 0.0194. The number of carbonyl (C=O) groups excluding carboxylic acids is 1. The van der Waals surface area contributed by atoms with Gasteiger partial charge in [0, 0.05) is 25.3 Å². The third-order valence-electron chi connectivity index (χ3n) is 5.45. The molecule has 1 unspecified atom stereocenters. The first kappa shape index (κ1) is 21.6. The van der Waals surface area contributed by atoms with E-state index in [2.05, 4.69) is 11.8 Å². The summed E-state index contributed by atoms with van der Waals surface area (Å²) < 4.78 is 12.4. The summed E-state index contributed by atoms with van der Waals surface area (Å²) in [5.41, 5.74) is 1.92. The molecule has 0 aliphatic carbocycles. The normalized spacial score (nSPS) is 22.0. The highest BCUT2D eigenvalue weighted by Gasteiger charge is 2.38. The standard InChI is InChI=1S/C21H26N2O4S2/c1-2-3-15-8-11-22(12-9-15)17-6-4-16(5-7-17)14-18-20(26)23(13-10-19(24)25)21(28)29(18)27/h4-7,14-15H,2-3,8-13H2,1H3,(H,24,25)/b18-14+. The molecular weight excluding hydrogens is 408 g/mol. The highest BCUT2D eigenvalue weighted by molar-refractivity contribution is 8.16. The monoisotopic (exact) mass is 434 g/mol. The number of carboxylic acid groups (broad SMARTS) is 1. The molecular formula is C21H26N2O4S2.